The summed E-state index contributed by atoms with van der Waals surface area (Å²) in [6.07, 6.45) is 1.75. The molecule has 2 aromatic rings. The van der Waals surface area contributed by atoms with E-state index in [4.69, 9.17) is 14.2 Å². The van der Waals surface area contributed by atoms with Crippen LogP contribution in [0.15, 0.2) is 42.5 Å². The minimum Gasteiger partial charge on any atom is -0.496 e. The summed E-state index contributed by atoms with van der Waals surface area (Å²) in [5.74, 6) is 1.50. The number of hydrogen-bond donors (Lipinski definition) is 1. The summed E-state index contributed by atoms with van der Waals surface area (Å²) in [6, 6.07) is 13.8. The van der Waals surface area contributed by atoms with Crippen molar-refractivity contribution in [2.24, 2.45) is 0 Å². The van der Waals surface area contributed by atoms with Crippen molar-refractivity contribution in [3.8, 4) is 11.5 Å². The van der Waals surface area contributed by atoms with Crippen molar-refractivity contribution < 1.29 is 19.0 Å². The Labute approximate surface area is 167 Å². The van der Waals surface area contributed by atoms with E-state index in [1.54, 1.807) is 13.2 Å². The van der Waals surface area contributed by atoms with E-state index in [9.17, 15) is 4.79 Å². The lowest BCUT2D eigenvalue weighted by Gasteiger charge is -2.38. The normalized spacial score (nSPS) is 15.7. The van der Waals surface area contributed by atoms with Crippen LogP contribution in [-0.4, -0.2) is 39.4 Å². The quantitative estimate of drug-likeness (QED) is 0.788. The van der Waals surface area contributed by atoms with Gasteiger partial charge in [-0.2, -0.15) is 0 Å². The molecule has 5 heteroatoms. The first-order chi connectivity index (χ1) is 13.6. The summed E-state index contributed by atoms with van der Waals surface area (Å²) in [4.78, 5) is 12.8. The van der Waals surface area contributed by atoms with Gasteiger partial charge >= 0.3 is 0 Å². The van der Waals surface area contributed by atoms with Gasteiger partial charge in [-0.3, -0.25) is 4.79 Å². The van der Waals surface area contributed by atoms with Gasteiger partial charge in [0.15, 0.2) is 0 Å². The number of carbonyl (C=O) groups excluding carboxylic acids is 1. The predicted octanol–water partition coefficient (Wildman–Crippen LogP) is 3.88. The van der Waals surface area contributed by atoms with E-state index in [0.29, 0.717) is 31.9 Å². The molecule has 1 aliphatic heterocycles. The lowest BCUT2D eigenvalue weighted by molar-refractivity contribution is 0.0487. The van der Waals surface area contributed by atoms with Crippen LogP contribution in [0.25, 0.3) is 0 Å². The Kier molecular flexibility index (Phi) is 6.57. The molecule has 150 valence electrons. The van der Waals surface area contributed by atoms with Gasteiger partial charge in [0.05, 0.1) is 13.7 Å². The topological polar surface area (TPSA) is 56.8 Å². The average Bonchev–Trinajstić information content (AvgIpc) is 2.74. The summed E-state index contributed by atoms with van der Waals surface area (Å²) in [7, 11) is 1.62. The molecule has 3 rings (SSSR count). The average molecular weight is 383 g/mol. The summed E-state index contributed by atoms with van der Waals surface area (Å²) >= 11 is 0. The molecule has 0 aliphatic carbocycles. The van der Waals surface area contributed by atoms with Crippen LogP contribution >= 0.6 is 0 Å². The highest BCUT2D eigenvalue weighted by atomic mass is 16.5. The number of rotatable bonds is 7. The summed E-state index contributed by atoms with van der Waals surface area (Å²) in [5.41, 5.74) is 2.69. The third-order valence-electron chi connectivity index (χ3n) is 5.49. The molecule has 1 fully saturated rings. The second-order valence-electron chi connectivity index (χ2n) is 7.22. The van der Waals surface area contributed by atoms with E-state index >= 15 is 0 Å². The fraction of sp³-hybridized carbons (Fsp3) is 0.435. The Morgan fingerprint density at radius 1 is 1.14 bits per heavy atom. The maximum atomic E-state index is 12.8. The highest BCUT2D eigenvalue weighted by Crippen LogP contribution is 2.35. The molecule has 0 atom stereocenters. The molecule has 1 aliphatic rings. The van der Waals surface area contributed by atoms with Crippen molar-refractivity contribution >= 4 is 5.91 Å². The van der Waals surface area contributed by atoms with Crippen LogP contribution < -0.4 is 14.8 Å². The Balaban J connectivity index is 1.76. The maximum absolute atomic E-state index is 12.8. The van der Waals surface area contributed by atoms with Gasteiger partial charge in [-0.15, -0.1) is 0 Å². The summed E-state index contributed by atoms with van der Waals surface area (Å²) in [6.45, 7) is 6.55. The molecule has 0 aromatic heterocycles. The standard InChI is InChI=1S/C23H29NO4/c1-4-28-20-9-7-19(8-10-20)23(11-13-27-14-12-23)16-24-22(25)18-6-5-17(2)21(15-18)26-3/h5-10,15H,4,11-14,16H2,1-3H3,(H,24,25). The largest absolute Gasteiger partial charge is 0.496 e. The molecule has 1 heterocycles. The van der Waals surface area contributed by atoms with Crippen molar-refractivity contribution in [2.75, 3.05) is 33.5 Å². The Morgan fingerprint density at radius 3 is 2.50 bits per heavy atom. The Bertz CT molecular complexity index is 795. The Hall–Kier alpha value is -2.53. The van der Waals surface area contributed by atoms with Gasteiger partial charge in [-0.05, 0) is 62.1 Å². The number of nitrogens with one attached hydrogen (secondary N) is 1. The highest BCUT2D eigenvalue weighted by molar-refractivity contribution is 5.94. The maximum Gasteiger partial charge on any atom is 0.251 e. The molecule has 0 saturated carbocycles. The van der Waals surface area contributed by atoms with Crippen LogP contribution in [0.4, 0.5) is 0 Å². The fourth-order valence-corrected chi connectivity index (χ4v) is 3.71. The van der Waals surface area contributed by atoms with Gasteiger partial charge < -0.3 is 19.5 Å². The van der Waals surface area contributed by atoms with Crippen LogP contribution in [-0.2, 0) is 10.2 Å². The molecule has 0 unspecified atom stereocenters. The number of amides is 1. The van der Waals surface area contributed by atoms with E-state index in [1.807, 2.05) is 38.1 Å². The minimum absolute atomic E-state index is 0.0879. The van der Waals surface area contributed by atoms with E-state index in [1.165, 1.54) is 5.56 Å². The zero-order valence-corrected chi connectivity index (χ0v) is 16.9. The van der Waals surface area contributed by atoms with Gasteiger partial charge in [0, 0.05) is 30.7 Å². The molecule has 1 saturated heterocycles. The zero-order chi connectivity index (χ0) is 20.0. The molecule has 2 aromatic carbocycles. The third kappa shape index (κ3) is 4.47. The molecule has 0 spiro atoms. The molecular weight excluding hydrogens is 354 g/mol. The Morgan fingerprint density at radius 2 is 1.86 bits per heavy atom. The number of methoxy groups -OCH3 is 1. The number of carbonyl (C=O) groups is 1. The number of benzene rings is 2. The van der Waals surface area contributed by atoms with E-state index in [0.717, 1.165) is 29.9 Å². The van der Waals surface area contributed by atoms with Crippen molar-refractivity contribution in [1.82, 2.24) is 5.32 Å². The lowest BCUT2D eigenvalue weighted by atomic mass is 9.74. The van der Waals surface area contributed by atoms with Crippen molar-refractivity contribution in [3.63, 3.8) is 0 Å². The molecular formula is C23H29NO4. The van der Waals surface area contributed by atoms with E-state index < -0.39 is 0 Å². The van der Waals surface area contributed by atoms with E-state index in [-0.39, 0.29) is 11.3 Å². The first-order valence-electron chi connectivity index (χ1n) is 9.82. The predicted molar refractivity (Wildman–Crippen MR) is 109 cm³/mol. The second-order valence-corrected chi connectivity index (χ2v) is 7.22. The highest BCUT2D eigenvalue weighted by Gasteiger charge is 2.35. The SMILES string of the molecule is CCOc1ccc(C2(CNC(=O)c3ccc(C)c(OC)c3)CCOCC2)cc1. The summed E-state index contributed by atoms with van der Waals surface area (Å²) in [5, 5.41) is 3.14. The van der Waals surface area contributed by atoms with Crippen molar-refractivity contribution in [3.05, 3.63) is 59.2 Å². The molecule has 28 heavy (non-hydrogen) atoms. The van der Waals surface area contributed by atoms with Gasteiger partial charge in [0.25, 0.3) is 5.91 Å². The minimum atomic E-state index is -0.132. The van der Waals surface area contributed by atoms with E-state index in [2.05, 4.69) is 17.4 Å². The van der Waals surface area contributed by atoms with Gasteiger partial charge in [-0.1, -0.05) is 18.2 Å². The van der Waals surface area contributed by atoms with Crippen molar-refractivity contribution in [2.45, 2.75) is 32.1 Å². The monoisotopic (exact) mass is 383 g/mol. The fourth-order valence-electron chi connectivity index (χ4n) is 3.71. The number of hydrogen-bond acceptors (Lipinski definition) is 4. The molecule has 5 nitrogen and oxygen atoms in total. The molecule has 1 N–H and O–H groups in total. The van der Waals surface area contributed by atoms with Gasteiger partial charge in [-0.25, -0.2) is 0 Å². The van der Waals surface area contributed by atoms with Crippen LogP contribution in [0.5, 0.6) is 11.5 Å². The first-order valence-corrected chi connectivity index (χ1v) is 9.82. The van der Waals surface area contributed by atoms with Gasteiger partial charge in [0.2, 0.25) is 0 Å². The van der Waals surface area contributed by atoms with Crippen molar-refractivity contribution in [1.29, 1.82) is 0 Å². The molecule has 1 amide bonds. The van der Waals surface area contributed by atoms with Gasteiger partial charge in [0.1, 0.15) is 11.5 Å². The summed E-state index contributed by atoms with van der Waals surface area (Å²) < 4.78 is 16.5. The number of ether oxygens (including phenoxy) is 3. The zero-order valence-electron chi connectivity index (χ0n) is 16.9. The molecule has 0 bridgehead atoms. The van der Waals surface area contributed by atoms with Crippen LogP contribution in [0, 0.1) is 6.92 Å². The third-order valence-corrected chi connectivity index (χ3v) is 5.49. The first kappa shape index (κ1) is 20.2. The van der Waals surface area contributed by atoms with Crippen LogP contribution in [0.2, 0.25) is 0 Å². The number of aryl methyl sites for hydroxylation is 1. The molecule has 0 radical (unpaired) electrons. The lowest BCUT2D eigenvalue weighted by Crippen LogP contribution is -2.44. The second kappa shape index (κ2) is 9.11. The van der Waals surface area contributed by atoms with Crippen LogP contribution in [0.3, 0.4) is 0 Å². The smallest absolute Gasteiger partial charge is 0.251 e. The van der Waals surface area contributed by atoms with Crippen LogP contribution in [0.1, 0.15) is 41.3 Å².